The van der Waals surface area contributed by atoms with Gasteiger partial charge in [-0.3, -0.25) is 0 Å². The highest BCUT2D eigenvalue weighted by molar-refractivity contribution is 9.10. The van der Waals surface area contributed by atoms with E-state index in [2.05, 4.69) is 21.2 Å². The third kappa shape index (κ3) is 3.26. The van der Waals surface area contributed by atoms with Gasteiger partial charge in [0, 0.05) is 17.6 Å². The molecule has 102 valence electrons. The topological polar surface area (TPSA) is 69.6 Å². The Bertz CT molecular complexity index is 499. The molecular formula is C13H15BrN2O3. The van der Waals surface area contributed by atoms with Gasteiger partial charge in [-0.1, -0.05) is 6.07 Å². The molecule has 0 spiro atoms. The van der Waals surface area contributed by atoms with E-state index in [-0.39, 0.29) is 11.6 Å². The zero-order valence-electron chi connectivity index (χ0n) is 10.4. The highest BCUT2D eigenvalue weighted by Crippen LogP contribution is 2.27. The number of urea groups is 1. The minimum absolute atomic E-state index is 0.0831. The summed E-state index contributed by atoms with van der Waals surface area (Å²) >= 11 is 3.27. The van der Waals surface area contributed by atoms with Crippen LogP contribution in [0.4, 0.5) is 10.5 Å². The highest BCUT2D eigenvalue weighted by Gasteiger charge is 2.20. The Labute approximate surface area is 119 Å². The minimum atomic E-state index is -1.06. The standard InChI is InChI=1S/C13H15BrN2O3/c14-10-6-4-5-9(12(17)18)11(10)15-13(19)16-7-2-1-3-8-16/h4-6H,1-3,7-8H2,(H,15,19)(H,17,18). The van der Waals surface area contributed by atoms with Crippen molar-refractivity contribution in [3.05, 3.63) is 28.2 Å². The van der Waals surface area contributed by atoms with E-state index in [9.17, 15) is 9.59 Å². The van der Waals surface area contributed by atoms with E-state index in [0.29, 0.717) is 10.2 Å². The number of halogens is 1. The molecule has 0 saturated carbocycles. The van der Waals surface area contributed by atoms with Gasteiger partial charge in [-0.25, -0.2) is 9.59 Å². The number of piperidine rings is 1. The zero-order chi connectivity index (χ0) is 13.8. The molecule has 1 heterocycles. The van der Waals surface area contributed by atoms with Crippen molar-refractivity contribution >= 4 is 33.6 Å². The monoisotopic (exact) mass is 326 g/mol. The summed E-state index contributed by atoms with van der Waals surface area (Å²) in [5.41, 5.74) is 0.394. The summed E-state index contributed by atoms with van der Waals surface area (Å²) in [4.78, 5) is 25.0. The van der Waals surface area contributed by atoms with E-state index in [1.165, 1.54) is 6.07 Å². The molecule has 1 aliphatic rings. The molecule has 0 bridgehead atoms. The van der Waals surface area contributed by atoms with Gasteiger partial charge >= 0.3 is 12.0 Å². The van der Waals surface area contributed by atoms with Crippen molar-refractivity contribution < 1.29 is 14.7 Å². The van der Waals surface area contributed by atoms with Crippen molar-refractivity contribution in [1.82, 2.24) is 4.90 Å². The van der Waals surface area contributed by atoms with Crippen LogP contribution in [-0.4, -0.2) is 35.1 Å². The van der Waals surface area contributed by atoms with Crippen molar-refractivity contribution in [3.8, 4) is 0 Å². The molecular weight excluding hydrogens is 312 g/mol. The van der Waals surface area contributed by atoms with Crippen LogP contribution < -0.4 is 5.32 Å². The molecule has 2 amide bonds. The van der Waals surface area contributed by atoms with E-state index in [1.807, 2.05) is 0 Å². The Kier molecular flexibility index (Phi) is 4.42. The molecule has 0 aliphatic carbocycles. The van der Waals surface area contributed by atoms with Crippen molar-refractivity contribution in [2.75, 3.05) is 18.4 Å². The Morgan fingerprint density at radius 1 is 1.21 bits per heavy atom. The molecule has 1 saturated heterocycles. The molecule has 0 unspecified atom stereocenters. The third-order valence-corrected chi connectivity index (χ3v) is 3.78. The van der Waals surface area contributed by atoms with Gasteiger partial charge < -0.3 is 15.3 Å². The number of nitrogens with zero attached hydrogens (tertiary/aromatic N) is 1. The number of carboxylic acid groups (broad SMARTS) is 1. The first-order valence-electron chi connectivity index (χ1n) is 6.17. The van der Waals surface area contributed by atoms with Gasteiger partial charge in [0.05, 0.1) is 11.3 Å². The normalized spacial score (nSPS) is 15.1. The van der Waals surface area contributed by atoms with Gasteiger partial charge in [0.1, 0.15) is 0 Å². The number of hydrogen-bond donors (Lipinski definition) is 2. The largest absolute Gasteiger partial charge is 0.478 e. The second kappa shape index (κ2) is 6.06. The van der Waals surface area contributed by atoms with Crippen LogP contribution in [0.15, 0.2) is 22.7 Å². The average molecular weight is 327 g/mol. The molecule has 1 aromatic carbocycles. The number of likely N-dealkylation sites (tertiary alicyclic amines) is 1. The molecule has 1 aromatic rings. The van der Waals surface area contributed by atoms with Crippen LogP contribution in [-0.2, 0) is 0 Å². The number of hydrogen-bond acceptors (Lipinski definition) is 2. The van der Waals surface area contributed by atoms with Crippen LogP contribution in [0, 0.1) is 0 Å². The number of nitrogens with one attached hydrogen (secondary N) is 1. The lowest BCUT2D eigenvalue weighted by atomic mass is 10.1. The predicted octanol–water partition coefficient (Wildman–Crippen LogP) is 3.17. The number of aromatic carboxylic acids is 1. The molecule has 0 aromatic heterocycles. The number of para-hydroxylation sites is 1. The number of carboxylic acids is 1. The van der Waals surface area contributed by atoms with Crippen LogP contribution in [0.2, 0.25) is 0 Å². The lowest BCUT2D eigenvalue weighted by Crippen LogP contribution is -2.39. The summed E-state index contributed by atoms with van der Waals surface area (Å²) in [5.74, 6) is -1.06. The summed E-state index contributed by atoms with van der Waals surface area (Å²) in [5, 5.41) is 11.8. The van der Waals surface area contributed by atoms with Gasteiger partial charge in [-0.05, 0) is 47.3 Å². The van der Waals surface area contributed by atoms with Crippen molar-refractivity contribution in [2.45, 2.75) is 19.3 Å². The van der Waals surface area contributed by atoms with Crippen molar-refractivity contribution in [2.24, 2.45) is 0 Å². The van der Waals surface area contributed by atoms with E-state index in [4.69, 9.17) is 5.11 Å². The Hall–Kier alpha value is -1.56. The summed E-state index contributed by atoms with van der Waals surface area (Å²) in [6.07, 6.45) is 3.13. The Morgan fingerprint density at radius 3 is 2.53 bits per heavy atom. The quantitative estimate of drug-likeness (QED) is 0.877. The van der Waals surface area contributed by atoms with E-state index in [0.717, 1.165) is 32.4 Å². The molecule has 2 N–H and O–H groups in total. The summed E-state index contributed by atoms with van der Waals surface area (Å²) < 4.78 is 0.567. The Morgan fingerprint density at radius 2 is 1.89 bits per heavy atom. The maximum atomic E-state index is 12.1. The van der Waals surface area contributed by atoms with Crippen molar-refractivity contribution in [3.63, 3.8) is 0 Å². The number of benzene rings is 1. The number of carbonyl (C=O) groups excluding carboxylic acids is 1. The molecule has 2 rings (SSSR count). The van der Waals surface area contributed by atoms with Gasteiger partial charge in [-0.2, -0.15) is 0 Å². The second-order valence-electron chi connectivity index (χ2n) is 4.45. The molecule has 0 atom stereocenters. The van der Waals surface area contributed by atoms with Crippen LogP contribution in [0.3, 0.4) is 0 Å². The van der Waals surface area contributed by atoms with Gasteiger partial charge in [0.15, 0.2) is 0 Å². The first-order chi connectivity index (χ1) is 9.09. The fourth-order valence-electron chi connectivity index (χ4n) is 2.11. The number of amides is 2. The lowest BCUT2D eigenvalue weighted by molar-refractivity contribution is 0.0698. The number of carbonyl (C=O) groups is 2. The zero-order valence-corrected chi connectivity index (χ0v) is 11.9. The number of anilines is 1. The predicted molar refractivity (Wildman–Crippen MR) is 75.5 cm³/mol. The SMILES string of the molecule is O=C(O)c1cccc(Br)c1NC(=O)N1CCCCC1. The van der Waals surface area contributed by atoms with E-state index in [1.54, 1.807) is 17.0 Å². The summed E-state index contributed by atoms with van der Waals surface area (Å²) in [7, 11) is 0. The van der Waals surface area contributed by atoms with Crippen LogP contribution in [0.5, 0.6) is 0 Å². The first-order valence-corrected chi connectivity index (χ1v) is 6.96. The summed E-state index contributed by atoms with van der Waals surface area (Å²) in [6.45, 7) is 1.44. The third-order valence-electron chi connectivity index (χ3n) is 3.12. The van der Waals surface area contributed by atoms with Gasteiger partial charge in [0.25, 0.3) is 0 Å². The summed E-state index contributed by atoms with van der Waals surface area (Å²) in [6, 6.07) is 4.57. The maximum Gasteiger partial charge on any atom is 0.337 e. The highest BCUT2D eigenvalue weighted by atomic mass is 79.9. The van der Waals surface area contributed by atoms with E-state index < -0.39 is 5.97 Å². The number of rotatable bonds is 2. The average Bonchev–Trinajstić information content (AvgIpc) is 2.41. The molecule has 19 heavy (non-hydrogen) atoms. The van der Waals surface area contributed by atoms with Crippen LogP contribution in [0.25, 0.3) is 0 Å². The lowest BCUT2D eigenvalue weighted by Gasteiger charge is -2.27. The van der Waals surface area contributed by atoms with Gasteiger partial charge in [0.2, 0.25) is 0 Å². The van der Waals surface area contributed by atoms with Crippen molar-refractivity contribution in [1.29, 1.82) is 0 Å². The fraction of sp³-hybridized carbons (Fsp3) is 0.385. The maximum absolute atomic E-state index is 12.1. The van der Waals surface area contributed by atoms with E-state index >= 15 is 0 Å². The molecule has 5 nitrogen and oxygen atoms in total. The molecule has 6 heteroatoms. The fourth-order valence-corrected chi connectivity index (χ4v) is 2.58. The van der Waals surface area contributed by atoms with Crippen LogP contribution >= 0.6 is 15.9 Å². The molecule has 1 fully saturated rings. The first kappa shape index (κ1) is 13.9. The Balaban J connectivity index is 2.18. The van der Waals surface area contributed by atoms with Gasteiger partial charge in [-0.15, -0.1) is 0 Å². The molecule has 0 radical (unpaired) electrons. The van der Waals surface area contributed by atoms with Crippen LogP contribution in [0.1, 0.15) is 29.6 Å². The minimum Gasteiger partial charge on any atom is -0.478 e. The smallest absolute Gasteiger partial charge is 0.337 e. The second-order valence-corrected chi connectivity index (χ2v) is 5.30. The molecule has 1 aliphatic heterocycles.